The summed E-state index contributed by atoms with van der Waals surface area (Å²) in [4.78, 5) is 3.97. The molecule has 0 fully saturated rings. The van der Waals surface area contributed by atoms with Gasteiger partial charge in [-0.1, -0.05) is 0 Å². The number of alkyl halides is 3. The second-order valence-corrected chi connectivity index (χ2v) is 3.02. The molecule has 0 aliphatic rings. The van der Waals surface area contributed by atoms with Crippen LogP contribution in [-0.2, 0) is 12.7 Å². The maximum atomic E-state index is 12.3. The molecule has 5 heteroatoms. The van der Waals surface area contributed by atoms with Gasteiger partial charge in [0, 0.05) is 12.2 Å². The van der Waals surface area contributed by atoms with Gasteiger partial charge in [0.15, 0.2) is 0 Å². The van der Waals surface area contributed by atoms with Crippen molar-refractivity contribution in [3.63, 3.8) is 0 Å². The van der Waals surface area contributed by atoms with Crippen LogP contribution in [0.25, 0.3) is 0 Å². The molecule has 1 rings (SSSR count). The Morgan fingerprint density at radius 2 is 2.00 bits per heavy atom. The van der Waals surface area contributed by atoms with Gasteiger partial charge in [0.05, 0.1) is 11.3 Å². The fourth-order valence-corrected chi connectivity index (χ4v) is 1.17. The molecule has 1 heterocycles. The maximum Gasteiger partial charge on any atom is 0.416 e. The van der Waals surface area contributed by atoms with Gasteiger partial charge < -0.3 is 5.32 Å². The minimum absolute atomic E-state index is 0.338. The molecule has 1 aromatic rings. The van der Waals surface area contributed by atoms with Gasteiger partial charge in [-0.25, -0.2) is 0 Å². The lowest BCUT2D eigenvalue weighted by atomic mass is 10.2. The molecule has 1 aromatic heterocycles. The van der Waals surface area contributed by atoms with Gasteiger partial charge in [-0.15, -0.1) is 0 Å². The molecule has 0 aliphatic heterocycles. The number of nitrogens with one attached hydrogen (secondary N) is 1. The summed E-state index contributed by atoms with van der Waals surface area (Å²) < 4.78 is 37.0. The summed E-state index contributed by atoms with van der Waals surface area (Å²) in [6.07, 6.45) is -4.30. The summed E-state index contributed by atoms with van der Waals surface area (Å²) in [5, 5.41) is 2.76. The van der Waals surface area contributed by atoms with Gasteiger partial charge in [0.1, 0.15) is 0 Å². The molecule has 0 bridgehead atoms. The molecule has 0 spiro atoms. The van der Waals surface area contributed by atoms with Crippen LogP contribution in [0, 0.1) is 6.92 Å². The molecule has 0 aromatic carbocycles. The van der Waals surface area contributed by atoms with E-state index in [4.69, 9.17) is 0 Å². The van der Waals surface area contributed by atoms with Crippen molar-refractivity contribution in [2.24, 2.45) is 0 Å². The second kappa shape index (κ2) is 3.96. The molecule has 0 amide bonds. The van der Waals surface area contributed by atoms with E-state index in [1.54, 1.807) is 14.0 Å². The van der Waals surface area contributed by atoms with Crippen molar-refractivity contribution < 1.29 is 13.2 Å². The first-order valence-corrected chi connectivity index (χ1v) is 4.13. The van der Waals surface area contributed by atoms with Gasteiger partial charge in [-0.3, -0.25) is 4.98 Å². The van der Waals surface area contributed by atoms with Crippen molar-refractivity contribution >= 4 is 0 Å². The first kappa shape index (κ1) is 11.0. The van der Waals surface area contributed by atoms with Crippen LogP contribution in [0.4, 0.5) is 13.2 Å². The first-order chi connectivity index (χ1) is 6.43. The molecule has 0 saturated heterocycles. The van der Waals surface area contributed by atoms with E-state index >= 15 is 0 Å². The van der Waals surface area contributed by atoms with Crippen molar-refractivity contribution in [2.45, 2.75) is 19.6 Å². The molecule has 0 saturated carbocycles. The van der Waals surface area contributed by atoms with E-state index in [1.807, 2.05) is 0 Å². The highest BCUT2D eigenvalue weighted by Gasteiger charge is 2.31. The van der Waals surface area contributed by atoms with E-state index in [0.29, 0.717) is 17.9 Å². The van der Waals surface area contributed by atoms with E-state index < -0.39 is 11.7 Å². The van der Waals surface area contributed by atoms with E-state index in [1.165, 1.54) is 0 Å². The van der Waals surface area contributed by atoms with Crippen molar-refractivity contribution in [2.75, 3.05) is 7.05 Å². The highest BCUT2D eigenvalue weighted by atomic mass is 19.4. The summed E-state index contributed by atoms with van der Waals surface area (Å²) in [7, 11) is 1.66. The van der Waals surface area contributed by atoms with Crippen molar-refractivity contribution in [1.82, 2.24) is 10.3 Å². The number of halogens is 3. The number of nitrogens with zero attached hydrogens (tertiary/aromatic N) is 1. The molecule has 78 valence electrons. The number of rotatable bonds is 2. The quantitative estimate of drug-likeness (QED) is 0.798. The van der Waals surface area contributed by atoms with Gasteiger partial charge in [0.2, 0.25) is 0 Å². The molecule has 0 aliphatic carbocycles. The van der Waals surface area contributed by atoms with E-state index in [-0.39, 0.29) is 0 Å². The standard InChI is InChI=1S/C9H11F3N2/c1-6-3-7(9(10,11)12)4-8(14-6)5-13-2/h3-4,13H,5H2,1-2H3. The van der Waals surface area contributed by atoms with Crippen LogP contribution in [-0.4, -0.2) is 12.0 Å². The Bertz CT molecular complexity index is 320. The lowest BCUT2D eigenvalue weighted by Crippen LogP contribution is -2.11. The predicted octanol–water partition coefficient (Wildman–Crippen LogP) is 2.13. The minimum atomic E-state index is -4.30. The lowest BCUT2D eigenvalue weighted by molar-refractivity contribution is -0.137. The molecule has 1 N–H and O–H groups in total. The summed E-state index contributed by atoms with van der Waals surface area (Å²) in [6, 6.07) is 2.10. The number of aryl methyl sites for hydroxylation is 1. The maximum absolute atomic E-state index is 12.3. The average Bonchev–Trinajstić information content (AvgIpc) is 2.02. The Balaban J connectivity index is 3.07. The highest BCUT2D eigenvalue weighted by Crippen LogP contribution is 2.29. The molecular formula is C9H11F3N2. The zero-order valence-electron chi connectivity index (χ0n) is 7.94. The van der Waals surface area contributed by atoms with Crippen LogP contribution in [0.3, 0.4) is 0 Å². The number of aromatic nitrogens is 1. The lowest BCUT2D eigenvalue weighted by Gasteiger charge is -2.09. The molecular weight excluding hydrogens is 193 g/mol. The van der Waals surface area contributed by atoms with Crippen LogP contribution >= 0.6 is 0 Å². The summed E-state index contributed by atoms with van der Waals surface area (Å²) in [5.74, 6) is 0. The number of hydrogen-bond acceptors (Lipinski definition) is 2. The largest absolute Gasteiger partial charge is 0.416 e. The van der Waals surface area contributed by atoms with Crippen molar-refractivity contribution in [1.29, 1.82) is 0 Å². The predicted molar refractivity (Wildman–Crippen MR) is 46.7 cm³/mol. The van der Waals surface area contributed by atoms with Crippen LogP contribution in [0.2, 0.25) is 0 Å². The summed E-state index contributed by atoms with van der Waals surface area (Å²) >= 11 is 0. The van der Waals surface area contributed by atoms with Crippen molar-refractivity contribution in [3.05, 3.63) is 29.1 Å². The van der Waals surface area contributed by atoms with Crippen LogP contribution in [0.5, 0.6) is 0 Å². The minimum Gasteiger partial charge on any atom is -0.314 e. The Kier molecular flexibility index (Phi) is 3.10. The fourth-order valence-electron chi connectivity index (χ4n) is 1.17. The summed E-state index contributed by atoms with van der Waals surface area (Å²) in [5.41, 5.74) is 0.139. The van der Waals surface area contributed by atoms with Crippen molar-refractivity contribution in [3.8, 4) is 0 Å². The SMILES string of the molecule is CNCc1cc(C(F)(F)F)cc(C)n1. The topological polar surface area (TPSA) is 24.9 Å². The zero-order valence-corrected chi connectivity index (χ0v) is 7.94. The van der Waals surface area contributed by atoms with E-state index in [9.17, 15) is 13.2 Å². The monoisotopic (exact) mass is 204 g/mol. The summed E-state index contributed by atoms with van der Waals surface area (Å²) in [6.45, 7) is 1.89. The highest BCUT2D eigenvalue weighted by molar-refractivity contribution is 5.23. The van der Waals surface area contributed by atoms with Crippen LogP contribution < -0.4 is 5.32 Å². The molecule has 0 radical (unpaired) electrons. The fraction of sp³-hybridized carbons (Fsp3) is 0.444. The third-order valence-corrected chi connectivity index (χ3v) is 1.69. The normalized spacial score (nSPS) is 11.8. The van der Waals surface area contributed by atoms with Gasteiger partial charge >= 0.3 is 6.18 Å². The average molecular weight is 204 g/mol. The smallest absolute Gasteiger partial charge is 0.314 e. The zero-order chi connectivity index (χ0) is 10.8. The Hall–Kier alpha value is -1.10. The third kappa shape index (κ3) is 2.70. The van der Waals surface area contributed by atoms with Crippen LogP contribution in [0.15, 0.2) is 12.1 Å². The van der Waals surface area contributed by atoms with Gasteiger partial charge in [-0.2, -0.15) is 13.2 Å². The third-order valence-electron chi connectivity index (χ3n) is 1.69. The molecule has 0 unspecified atom stereocenters. The molecule has 2 nitrogen and oxygen atoms in total. The van der Waals surface area contributed by atoms with Crippen LogP contribution in [0.1, 0.15) is 17.0 Å². The second-order valence-electron chi connectivity index (χ2n) is 3.02. The Labute approximate surface area is 80.2 Å². The van der Waals surface area contributed by atoms with E-state index in [2.05, 4.69) is 10.3 Å². The number of pyridine rings is 1. The Morgan fingerprint density at radius 3 is 2.50 bits per heavy atom. The van der Waals surface area contributed by atoms with Gasteiger partial charge in [0.25, 0.3) is 0 Å². The molecule has 14 heavy (non-hydrogen) atoms. The van der Waals surface area contributed by atoms with E-state index in [0.717, 1.165) is 12.1 Å². The first-order valence-electron chi connectivity index (χ1n) is 4.13. The Morgan fingerprint density at radius 1 is 1.36 bits per heavy atom. The van der Waals surface area contributed by atoms with Gasteiger partial charge in [-0.05, 0) is 26.1 Å². The number of hydrogen-bond donors (Lipinski definition) is 1. The molecule has 0 atom stereocenters.